The van der Waals surface area contributed by atoms with Gasteiger partial charge in [0.1, 0.15) is 0 Å². The summed E-state index contributed by atoms with van der Waals surface area (Å²) in [5, 5.41) is 0.154. The number of ether oxygens (including phenoxy) is 1. The van der Waals surface area contributed by atoms with Gasteiger partial charge in [0.05, 0.1) is 17.8 Å². The lowest BCUT2D eigenvalue weighted by Gasteiger charge is -2.32. The van der Waals surface area contributed by atoms with Gasteiger partial charge in [-0.3, -0.25) is 0 Å². The van der Waals surface area contributed by atoms with Crippen LogP contribution >= 0.6 is 0 Å². The van der Waals surface area contributed by atoms with Crippen LogP contribution in [-0.4, -0.2) is 31.5 Å². The van der Waals surface area contributed by atoms with E-state index < -0.39 is 0 Å². The molecule has 3 rings (SSSR count). The summed E-state index contributed by atoms with van der Waals surface area (Å²) in [7, 11) is -0.0735. The predicted molar refractivity (Wildman–Crippen MR) is 66.9 cm³/mol. The molecule has 3 nitrogen and oxygen atoms in total. The summed E-state index contributed by atoms with van der Waals surface area (Å²) < 4.78 is 18.1. The summed E-state index contributed by atoms with van der Waals surface area (Å²) in [6, 6.07) is 0. The molecule has 0 spiro atoms. The van der Waals surface area contributed by atoms with E-state index in [0.717, 1.165) is 19.1 Å². The molecule has 2 atom stereocenters. The fourth-order valence-electron chi connectivity index (χ4n) is 3.09. The molecule has 2 saturated heterocycles. The third-order valence-corrected chi connectivity index (χ3v) is 5.21. The van der Waals surface area contributed by atoms with Gasteiger partial charge in [0.2, 0.25) is 0 Å². The number of fused-ring (bicyclic) bond motifs is 1. The molecule has 4 heteroatoms. The average Bonchev–Trinajstić information content (AvgIpc) is 2.83. The van der Waals surface area contributed by atoms with Gasteiger partial charge in [0, 0.05) is 11.9 Å². The van der Waals surface area contributed by atoms with Crippen molar-refractivity contribution >= 4 is 7.12 Å². The van der Waals surface area contributed by atoms with Crippen LogP contribution < -0.4 is 0 Å². The molecule has 3 fully saturated rings. The molecule has 17 heavy (non-hydrogen) atoms. The molecule has 3 aliphatic rings. The van der Waals surface area contributed by atoms with Crippen molar-refractivity contribution in [2.24, 2.45) is 5.92 Å². The SMILES string of the molecule is CC1(C)OB(C23COCCCC2C3)OC1(C)C. The zero-order valence-corrected chi connectivity index (χ0v) is 11.4. The third kappa shape index (κ3) is 1.68. The van der Waals surface area contributed by atoms with Gasteiger partial charge in [-0.25, -0.2) is 0 Å². The molecule has 0 aromatic carbocycles. The number of rotatable bonds is 1. The van der Waals surface area contributed by atoms with Gasteiger partial charge in [-0.1, -0.05) is 0 Å². The molecule has 0 amide bonds. The Bertz CT molecular complexity index is 313. The van der Waals surface area contributed by atoms with Crippen molar-refractivity contribution in [3.05, 3.63) is 0 Å². The molecule has 1 aliphatic carbocycles. The lowest BCUT2D eigenvalue weighted by Crippen LogP contribution is -2.41. The minimum atomic E-state index is -0.216. The van der Waals surface area contributed by atoms with E-state index in [1.165, 1.54) is 19.3 Å². The van der Waals surface area contributed by atoms with E-state index in [1.807, 2.05) is 0 Å². The molecule has 2 unspecified atom stereocenters. The Kier molecular flexibility index (Phi) is 2.46. The van der Waals surface area contributed by atoms with Gasteiger partial charge < -0.3 is 14.0 Å². The highest BCUT2D eigenvalue weighted by Crippen LogP contribution is 2.67. The second-order valence-electron chi connectivity index (χ2n) is 6.92. The van der Waals surface area contributed by atoms with Gasteiger partial charge in [-0.15, -0.1) is 0 Å². The molecule has 2 heterocycles. The topological polar surface area (TPSA) is 27.7 Å². The van der Waals surface area contributed by atoms with Crippen molar-refractivity contribution in [1.29, 1.82) is 0 Å². The molecule has 96 valence electrons. The standard InChI is InChI=1S/C13H23BO3/c1-11(2)12(3,4)17-14(16-11)13-8-10(13)6-5-7-15-9-13/h10H,5-9H2,1-4H3. The zero-order chi connectivity index (χ0) is 12.3. The molecule has 0 radical (unpaired) electrons. The van der Waals surface area contributed by atoms with E-state index in [2.05, 4.69) is 27.7 Å². The van der Waals surface area contributed by atoms with Crippen LogP contribution in [0.1, 0.15) is 47.0 Å². The Hall–Kier alpha value is -0.0551. The maximum Gasteiger partial charge on any atom is 0.467 e. The normalized spacial score (nSPS) is 43.1. The smallest absolute Gasteiger partial charge is 0.403 e. The first kappa shape index (κ1) is 12.0. The first-order chi connectivity index (χ1) is 7.87. The van der Waals surface area contributed by atoms with Crippen LogP contribution in [0.2, 0.25) is 5.31 Å². The van der Waals surface area contributed by atoms with Gasteiger partial charge in [0.25, 0.3) is 0 Å². The van der Waals surface area contributed by atoms with E-state index in [1.54, 1.807) is 0 Å². The summed E-state index contributed by atoms with van der Waals surface area (Å²) in [6.07, 6.45) is 3.67. The summed E-state index contributed by atoms with van der Waals surface area (Å²) in [5.41, 5.74) is -0.433. The molecule has 2 aliphatic heterocycles. The lowest BCUT2D eigenvalue weighted by atomic mass is 9.66. The molecule has 0 bridgehead atoms. The van der Waals surface area contributed by atoms with Crippen LogP contribution in [0.25, 0.3) is 0 Å². The molecular weight excluding hydrogens is 215 g/mol. The minimum Gasteiger partial charge on any atom is -0.403 e. The van der Waals surface area contributed by atoms with Crippen LogP contribution in [0.15, 0.2) is 0 Å². The van der Waals surface area contributed by atoms with Crippen LogP contribution in [0.3, 0.4) is 0 Å². The summed E-state index contributed by atoms with van der Waals surface area (Å²) in [5.74, 6) is 0.750. The first-order valence-corrected chi connectivity index (χ1v) is 6.81. The molecular formula is C13H23BO3. The highest BCUT2D eigenvalue weighted by atomic mass is 16.7. The fourth-order valence-corrected chi connectivity index (χ4v) is 3.09. The van der Waals surface area contributed by atoms with Crippen LogP contribution in [0.4, 0.5) is 0 Å². The van der Waals surface area contributed by atoms with E-state index >= 15 is 0 Å². The van der Waals surface area contributed by atoms with Crippen molar-refractivity contribution < 1.29 is 14.0 Å². The fraction of sp³-hybridized carbons (Fsp3) is 1.00. The summed E-state index contributed by atoms with van der Waals surface area (Å²) in [6.45, 7) is 10.2. The zero-order valence-electron chi connectivity index (χ0n) is 11.4. The van der Waals surface area contributed by atoms with Gasteiger partial charge in [0.15, 0.2) is 0 Å². The van der Waals surface area contributed by atoms with Crippen LogP contribution in [0, 0.1) is 5.92 Å². The van der Waals surface area contributed by atoms with Crippen molar-refractivity contribution in [3.63, 3.8) is 0 Å². The second-order valence-corrected chi connectivity index (χ2v) is 6.92. The highest BCUT2D eigenvalue weighted by molar-refractivity contribution is 6.51. The number of hydrogen-bond donors (Lipinski definition) is 0. The maximum absolute atomic E-state index is 6.20. The molecule has 1 saturated carbocycles. The molecule has 0 aromatic heterocycles. The first-order valence-electron chi connectivity index (χ1n) is 6.81. The Morgan fingerprint density at radius 1 is 1.06 bits per heavy atom. The third-order valence-electron chi connectivity index (χ3n) is 5.21. The van der Waals surface area contributed by atoms with Crippen LogP contribution in [-0.2, 0) is 14.0 Å². The van der Waals surface area contributed by atoms with E-state index in [4.69, 9.17) is 14.0 Å². The van der Waals surface area contributed by atoms with E-state index in [-0.39, 0.29) is 23.6 Å². The largest absolute Gasteiger partial charge is 0.467 e. The van der Waals surface area contributed by atoms with Gasteiger partial charge in [-0.2, -0.15) is 0 Å². The van der Waals surface area contributed by atoms with Gasteiger partial charge in [-0.05, 0) is 52.9 Å². The summed E-state index contributed by atoms with van der Waals surface area (Å²) >= 11 is 0. The minimum absolute atomic E-state index is 0.0735. The van der Waals surface area contributed by atoms with E-state index in [9.17, 15) is 0 Å². The maximum atomic E-state index is 6.20. The van der Waals surface area contributed by atoms with Crippen molar-refractivity contribution in [2.45, 2.75) is 63.5 Å². The van der Waals surface area contributed by atoms with Crippen molar-refractivity contribution in [2.75, 3.05) is 13.2 Å². The number of hydrogen-bond acceptors (Lipinski definition) is 3. The highest BCUT2D eigenvalue weighted by Gasteiger charge is 2.69. The Morgan fingerprint density at radius 3 is 2.35 bits per heavy atom. The lowest BCUT2D eigenvalue weighted by molar-refractivity contribution is 0.00578. The monoisotopic (exact) mass is 238 g/mol. The average molecular weight is 238 g/mol. The van der Waals surface area contributed by atoms with Crippen molar-refractivity contribution in [1.82, 2.24) is 0 Å². The Labute approximate surface area is 104 Å². The molecule has 0 aromatic rings. The molecule has 0 N–H and O–H groups in total. The quantitative estimate of drug-likeness (QED) is 0.657. The van der Waals surface area contributed by atoms with E-state index in [0.29, 0.717) is 0 Å². The van der Waals surface area contributed by atoms with Crippen LogP contribution in [0.5, 0.6) is 0 Å². The Morgan fingerprint density at radius 2 is 1.71 bits per heavy atom. The van der Waals surface area contributed by atoms with Gasteiger partial charge >= 0.3 is 7.12 Å². The Balaban J connectivity index is 1.79. The second kappa shape index (κ2) is 3.49. The summed E-state index contributed by atoms with van der Waals surface area (Å²) in [4.78, 5) is 0. The predicted octanol–water partition coefficient (Wildman–Crippen LogP) is 2.65. The van der Waals surface area contributed by atoms with Crippen molar-refractivity contribution in [3.8, 4) is 0 Å².